The van der Waals surface area contributed by atoms with E-state index in [4.69, 9.17) is 4.74 Å². The molecule has 3 rings (SSSR count). The Kier molecular flexibility index (Phi) is 8.22. The van der Waals surface area contributed by atoms with E-state index >= 15 is 0 Å². The van der Waals surface area contributed by atoms with Gasteiger partial charge in [-0.25, -0.2) is 4.39 Å². The molecule has 1 saturated heterocycles. The highest BCUT2D eigenvalue weighted by atomic mass is 19.1. The highest BCUT2D eigenvalue weighted by Crippen LogP contribution is 2.21. The van der Waals surface area contributed by atoms with Crippen LogP contribution in [0.15, 0.2) is 48.5 Å². The average molecular weight is 442 g/mol. The van der Waals surface area contributed by atoms with Crippen LogP contribution in [0.5, 0.6) is 5.75 Å². The third-order valence-corrected chi connectivity index (χ3v) is 6.03. The van der Waals surface area contributed by atoms with Crippen molar-refractivity contribution in [3.63, 3.8) is 0 Å². The number of amides is 2. The molecule has 32 heavy (non-hydrogen) atoms. The first kappa shape index (κ1) is 23.7. The van der Waals surface area contributed by atoms with Crippen LogP contribution < -0.4 is 15.4 Å². The number of rotatable bonds is 8. The van der Waals surface area contributed by atoms with Gasteiger partial charge in [-0.05, 0) is 63.5 Å². The van der Waals surface area contributed by atoms with Crippen molar-refractivity contribution in [2.24, 2.45) is 5.92 Å². The predicted octanol–water partition coefficient (Wildman–Crippen LogP) is 3.54. The van der Waals surface area contributed by atoms with Gasteiger partial charge >= 0.3 is 0 Å². The lowest BCUT2D eigenvalue weighted by Crippen LogP contribution is -2.45. The van der Waals surface area contributed by atoms with Crippen molar-refractivity contribution in [3.8, 4) is 5.75 Å². The van der Waals surface area contributed by atoms with Crippen molar-refractivity contribution in [1.29, 1.82) is 0 Å². The van der Waals surface area contributed by atoms with Crippen molar-refractivity contribution in [3.05, 3.63) is 65.5 Å². The van der Waals surface area contributed by atoms with E-state index in [0.717, 1.165) is 37.6 Å². The summed E-state index contributed by atoms with van der Waals surface area (Å²) in [6, 6.07) is 13.6. The molecule has 1 aliphatic rings. The Morgan fingerprint density at radius 3 is 2.41 bits per heavy atom. The molecule has 2 aromatic carbocycles. The fourth-order valence-corrected chi connectivity index (χ4v) is 4.01. The van der Waals surface area contributed by atoms with Gasteiger partial charge in [0.25, 0.3) is 5.91 Å². The van der Waals surface area contributed by atoms with Gasteiger partial charge < -0.3 is 20.3 Å². The Hall–Kier alpha value is -2.93. The number of hydrogen-bond donors (Lipinski definition) is 2. The minimum atomic E-state index is -0.600. The van der Waals surface area contributed by atoms with Crippen molar-refractivity contribution in [2.45, 2.75) is 38.8 Å². The monoisotopic (exact) mass is 441 g/mol. The highest BCUT2D eigenvalue weighted by Gasteiger charge is 2.27. The number of halogens is 1. The zero-order valence-electron chi connectivity index (χ0n) is 18.9. The minimum absolute atomic E-state index is 0.0130. The van der Waals surface area contributed by atoms with Crippen molar-refractivity contribution in [2.75, 3.05) is 26.7 Å². The van der Waals surface area contributed by atoms with Crippen LogP contribution >= 0.6 is 0 Å². The molecule has 0 saturated carbocycles. The quantitative estimate of drug-likeness (QED) is 0.657. The smallest absolute Gasteiger partial charge is 0.251 e. The molecule has 2 N–H and O–H groups in total. The van der Waals surface area contributed by atoms with Gasteiger partial charge in [-0.2, -0.15) is 0 Å². The van der Waals surface area contributed by atoms with E-state index < -0.39 is 17.8 Å². The first-order valence-electron chi connectivity index (χ1n) is 11.1. The summed E-state index contributed by atoms with van der Waals surface area (Å²) in [4.78, 5) is 27.9. The fraction of sp³-hybridized carbons (Fsp3) is 0.440. The van der Waals surface area contributed by atoms with Crippen molar-refractivity contribution in [1.82, 2.24) is 15.5 Å². The number of nitrogens with zero attached hydrogens (tertiary/aromatic N) is 1. The topological polar surface area (TPSA) is 70.7 Å². The molecule has 0 aromatic heterocycles. The van der Waals surface area contributed by atoms with Gasteiger partial charge in [0.15, 0.2) is 11.6 Å². The molecule has 2 aromatic rings. The molecular weight excluding hydrogens is 409 g/mol. The summed E-state index contributed by atoms with van der Waals surface area (Å²) >= 11 is 0. The van der Waals surface area contributed by atoms with Crippen molar-refractivity contribution < 1.29 is 18.7 Å². The molecule has 0 aliphatic carbocycles. The first-order valence-corrected chi connectivity index (χ1v) is 11.1. The number of likely N-dealkylation sites (tertiary alicyclic amines) is 1. The van der Waals surface area contributed by atoms with Crippen LogP contribution in [0, 0.1) is 11.7 Å². The van der Waals surface area contributed by atoms with Gasteiger partial charge in [-0.15, -0.1) is 0 Å². The average Bonchev–Trinajstić information content (AvgIpc) is 2.81. The molecule has 1 aliphatic heterocycles. The summed E-state index contributed by atoms with van der Waals surface area (Å²) in [7, 11) is 1.37. The van der Waals surface area contributed by atoms with Crippen molar-refractivity contribution >= 4 is 11.8 Å². The van der Waals surface area contributed by atoms with Crippen LogP contribution in [-0.2, 0) is 4.79 Å². The summed E-state index contributed by atoms with van der Waals surface area (Å²) in [5.41, 5.74) is 1.06. The highest BCUT2D eigenvalue weighted by molar-refractivity contribution is 5.94. The Balaban J connectivity index is 1.64. The molecule has 172 valence electrons. The minimum Gasteiger partial charge on any atom is -0.494 e. The maximum Gasteiger partial charge on any atom is 0.251 e. The molecule has 1 fully saturated rings. The van der Waals surface area contributed by atoms with E-state index in [2.05, 4.69) is 29.4 Å². The zero-order valence-corrected chi connectivity index (χ0v) is 18.9. The lowest BCUT2D eigenvalue weighted by atomic mass is 9.95. The van der Waals surface area contributed by atoms with Crippen LogP contribution in [0.25, 0.3) is 0 Å². The number of nitrogens with one attached hydrogen (secondary N) is 2. The zero-order chi connectivity index (χ0) is 23.1. The molecule has 6 nitrogen and oxygen atoms in total. The molecule has 2 amide bonds. The second kappa shape index (κ2) is 11.1. The number of carbonyl (C=O) groups is 2. The number of ether oxygens (including phenoxy) is 1. The van der Waals surface area contributed by atoms with E-state index in [1.54, 1.807) is 0 Å². The largest absolute Gasteiger partial charge is 0.494 e. The second-order valence-corrected chi connectivity index (χ2v) is 8.44. The molecular formula is C25H32FN3O3. The molecule has 0 spiro atoms. The Morgan fingerprint density at radius 1 is 1.12 bits per heavy atom. The SMILES string of the molecule is COc1ccc(C(=O)N[C@@H](CNC(=O)C2CCN(C(C)C)CC2)c2ccccc2)cc1F. The van der Waals surface area contributed by atoms with Gasteiger partial charge in [-0.3, -0.25) is 9.59 Å². The molecule has 7 heteroatoms. The van der Waals surface area contributed by atoms with Crippen LogP contribution in [-0.4, -0.2) is 49.5 Å². The van der Waals surface area contributed by atoms with Gasteiger partial charge in [-0.1, -0.05) is 30.3 Å². The van der Waals surface area contributed by atoms with Crippen LogP contribution in [0.1, 0.15) is 48.7 Å². The lowest BCUT2D eigenvalue weighted by molar-refractivity contribution is -0.126. The third kappa shape index (κ3) is 6.07. The van der Waals surface area contributed by atoms with E-state index in [0.29, 0.717) is 6.04 Å². The summed E-state index contributed by atoms with van der Waals surface area (Å²) in [5, 5.41) is 5.94. The maximum absolute atomic E-state index is 14.0. The van der Waals surface area contributed by atoms with Gasteiger partial charge in [0.05, 0.1) is 13.2 Å². The summed E-state index contributed by atoms with van der Waals surface area (Å²) < 4.78 is 19.0. The second-order valence-electron chi connectivity index (χ2n) is 8.44. The summed E-state index contributed by atoms with van der Waals surface area (Å²) in [5.74, 6) is -0.943. The van der Waals surface area contributed by atoms with E-state index in [1.807, 2.05) is 30.3 Å². The number of methoxy groups -OCH3 is 1. The number of hydrogen-bond acceptors (Lipinski definition) is 4. The number of piperidine rings is 1. The van der Waals surface area contributed by atoms with Crippen LogP contribution in [0.3, 0.4) is 0 Å². The van der Waals surface area contributed by atoms with E-state index in [-0.39, 0.29) is 29.7 Å². The lowest BCUT2D eigenvalue weighted by Gasteiger charge is -2.34. The number of carbonyl (C=O) groups excluding carboxylic acids is 2. The Bertz CT molecular complexity index is 912. The normalized spacial score (nSPS) is 15.9. The third-order valence-electron chi connectivity index (χ3n) is 6.03. The molecule has 0 bridgehead atoms. The molecule has 0 radical (unpaired) electrons. The Labute approximate surface area is 189 Å². The van der Waals surface area contributed by atoms with Gasteiger partial charge in [0.2, 0.25) is 5.91 Å². The van der Waals surface area contributed by atoms with Gasteiger partial charge in [0.1, 0.15) is 0 Å². The summed E-state index contributed by atoms with van der Waals surface area (Å²) in [6.45, 7) is 6.43. The molecule has 1 atom stereocenters. The number of benzene rings is 2. The van der Waals surface area contributed by atoms with E-state index in [9.17, 15) is 14.0 Å². The molecule has 1 heterocycles. The first-order chi connectivity index (χ1) is 15.4. The maximum atomic E-state index is 14.0. The predicted molar refractivity (Wildman–Crippen MR) is 122 cm³/mol. The van der Waals surface area contributed by atoms with Crippen LogP contribution in [0.4, 0.5) is 4.39 Å². The fourth-order valence-electron chi connectivity index (χ4n) is 4.01. The standard InChI is InChI=1S/C25H32FN3O3/c1-17(2)29-13-11-19(12-14-29)24(30)27-16-22(18-7-5-4-6-8-18)28-25(31)20-9-10-23(32-3)21(26)15-20/h4-10,15,17,19,22H,11-14,16H2,1-3H3,(H,27,30)(H,28,31)/t22-/m0/s1. The molecule has 0 unspecified atom stereocenters. The Morgan fingerprint density at radius 2 is 1.81 bits per heavy atom. The van der Waals surface area contributed by atoms with Gasteiger partial charge in [0, 0.05) is 24.1 Å². The van der Waals surface area contributed by atoms with E-state index in [1.165, 1.54) is 19.2 Å². The summed E-state index contributed by atoms with van der Waals surface area (Å²) in [6.07, 6.45) is 1.66. The van der Waals surface area contributed by atoms with Crippen LogP contribution in [0.2, 0.25) is 0 Å².